The number of carbonyl (C=O) groups excluding carboxylic acids is 1. The molecule has 1 spiro atoms. The summed E-state index contributed by atoms with van der Waals surface area (Å²) in [4.78, 5) is 23.4. The lowest BCUT2D eigenvalue weighted by atomic mass is 9.60. The van der Waals surface area contributed by atoms with Gasteiger partial charge in [0.2, 0.25) is 5.95 Å². The van der Waals surface area contributed by atoms with Crippen LogP contribution in [0.2, 0.25) is 5.02 Å². The summed E-state index contributed by atoms with van der Waals surface area (Å²) in [5, 5.41) is 10.6. The van der Waals surface area contributed by atoms with Gasteiger partial charge < -0.3 is 30.2 Å². The Labute approximate surface area is 246 Å². The lowest BCUT2D eigenvalue weighted by Gasteiger charge is -2.60. The van der Waals surface area contributed by atoms with E-state index in [4.69, 9.17) is 16.3 Å². The van der Waals surface area contributed by atoms with Gasteiger partial charge in [0.1, 0.15) is 17.8 Å². The van der Waals surface area contributed by atoms with Gasteiger partial charge in [-0.3, -0.25) is 0 Å². The number of amides is 1. The van der Waals surface area contributed by atoms with Crippen molar-refractivity contribution >= 4 is 59.0 Å². The van der Waals surface area contributed by atoms with E-state index in [1.807, 2.05) is 51.1 Å². The Morgan fingerprint density at radius 2 is 1.83 bits per heavy atom. The van der Waals surface area contributed by atoms with Crippen LogP contribution in [0.3, 0.4) is 0 Å². The smallest absolute Gasteiger partial charge is 0.407 e. The van der Waals surface area contributed by atoms with Crippen LogP contribution < -0.4 is 26.2 Å². The van der Waals surface area contributed by atoms with E-state index in [1.54, 1.807) is 19.5 Å². The Hall–Kier alpha value is -3.29. The molecule has 1 saturated heterocycles. The molecular weight excluding hydrogens is 559 g/mol. The quantitative estimate of drug-likeness (QED) is 0.260. The van der Waals surface area contributed by atoms with Crippen molar-refractivity contribution in [2.24, 2.45) is 5.41 Å². The molecule has 0 unspecified atom stereocenters. The summed E-state index contributed by atoms with van der Waals surface area (Å²) in [6.45, 7) is 13.1. The van der Waals surface area contributed by atoms with Crippen LogP contribution >= 0.6 is 18.7 Å². The predicted octanol–water partition coefficient (Wildman–Crippen LogP) is 6.67. The number of para-hydroxylation sites is 1. The van der Waals surface area contributed by atoms with Crippen molar-refractivity contribution in [3.8, 4) is 0 Å². The third kappa shape index (κ3) is 6.79. The minimum absolute atomic E-state index is 0.181. The third-order valence-electron chi connectivity index (χ3n) is 7.41. The highest BCUT2D eigenvalue weighted by Gasteiger charge is 2.53. The van der Waals surface area contributed by atoms with E-state index < -0.39 is 12.7 Å². The van der Waals surface area contributed by atoms with Crippen LogP contribution in [0.5, 0.6) is 0 Å². The highest BCUT2D eigenvalue weighted by molar-refractivity contribution is 7.70. The molecule has 3 N–H and O–H groups in total. The average molecular weight is 597 g/mol. The lowest BCUT2D eigenvalue weighted by molar-refractivity contribution is 0.0215. The molecule has 2 aliphatic rings. The Balaban J connectivity index is 1.19. The van der Waals surface area contributed by atoms with E-state index in [-0.39, 0.29) is 17.6 Å². The Kier molecular flexibility index (Phi) is 7.72. The topological polar surface area (TPSA) is 108 Å². The molecule has 3 aromatic rings. The minimum Gasteiger partial charge on any atom is -0.444 e. The van der Waals surface area contributed by atoms with Gasteiger partial charge in [-0.2, -0.15) is 4.98 Å². The molecule has 2 heterocycles. The number of nitrogens with zero attached hydrogens (tertiary/aromatic N) is 3. The average Bonchev–Trinajstić information content (AvgIpc) is 2.81. The van der Waals surface area contributed by atoms with Crippen LogP contribution in [0.1, 0.15) is 39.2 Å². The van der Waals surface area contributed by atoms with Crippen LogP contribution in [0, 0.1) is 12.3 Å². The zero-order valence-electron chi connectivity index (χ0n) is 24.4. The minimum atomic E-state index is -2.50. The number of carbonyl (C=O) groups is 1. The summed E-state index contributed by atoms with van der Waals surface area (Å²) in [6, 6.07) is 13.9. The zero-order valence-corrected chi connectivity index (χ0v) is 26.1. The van der Waals surface area contributed by atoms with Gasteiger partial charge >= 0.3 is 6.09 Å². The molecule has 9 nitrogen and oxygen atoms in total. The molecular formula is C30H38ClN6O3P. The SMILES string of the molecule is Cc1cc(Nc2ncc(Cl)c(Nc3ccccc3P(C)(C)=O)n2)ccc1N1CC2(CC(NC(=O)OC(C)(C)C)C2)C1. The van der Waals surface area contributed by atoms with Crippen molar-refractivity contribution < 1.29 is 14.1 Å². The largest absolute Gasteiger partial charge is 0.444 e. The number of alkyl carbamates (subject to hydrolysis) is 1. The van der Waals surface area contributed by atoms with Gasteiger partial charge in [0, 0.05) is 41.2 Å². The normalized spacial score (nSPS) is 16.5. The number of benzene rings is 2. The predicted molar refractivity (Wildman–Crippen MR) is 167 cm³/mol. The fourth-order valence-electron chi connectivity index (χ4n) is 5.66. The van der Waals surface area contributed by atoms with Gasteiger partial charge in [-0.15, -0.1) is 0 Å². The van der Waals surface area contributed by atoms with Crippen LogP contribution in [-0.4, -0.2) is 54.1 Å². The molecule has 0 radical (unpaired) electrons. The first kappa shape index (κ1) is 29.2. The number of ether oxygens (including phenoxy) is 1. The second-order valence-electron chi connectivity index (χ2n) is 12.6. The molecule has 1 aliphatic carbocycles. The van der Waals surface area contributed by atoms with Gasteiger partial charge in [-0.1, -0.05) is 23.7 Å². The van der Waals surface area contributed by atoms with E-state index >= 15 is 0 Å². The molecule has 1 amide bonds. The van der Waals surface area contributed by atoms with Gasteiger partial charge in [0.25, 0.3) is 0 Å². The fourth-order valence-corrected chi connectivity index (χ4v) is 6.96. The molecule has 11 heteroatoms. The van der Waals surface area contributed by atoms with Crippen LogP contribution in [0.4, 0.5) is 33.6 Å². The Morgan fingerprint density at radius 3 is 2.49 bits per heavy atom. The fraction of sp³-hybridized carbons (Fsp3) is 0.433. The summed E-state index contributed by atoms with van der Waals surface area (Å²) in [6.07, 6.45) is 3.16. The molecule has 2 aromatic carbocycles. The summed E-state index contributed by atoms with van der Waals surface area (Å²) < 4.78 is 18.1. The van der Waals surface area contributed by atoms with Gasteiger partial charge in [0.15, 0.2) is 5.82 Å². The summed E-state index contributed by atoms with van der Waals surface area (Å²) >= 11 is 6.40. The van der Waals surface area contributed by atoms with Crippen molar-refractivity contribution in [1.29, 1.82) is 0 Å². The maximum Gasteiger partial charge on any atom is 0.407 e. The van der Waals surface area contributed by atoms with E-state index in [1.165, 1.54) is 5.69 Å². The maximum absolute atomic E-state index is 12.8. The van der Waals surface area contributed by atoms with Crippen molar-refractivity contribution in [2.45, 2.75) is 52.2 Å². The molecule has 1 aromatic heterocycles. The number of anilines is 5. The standard InChI is InChI=1S/C30H38ClN6O3P/c1-19-13-20(11-12-24(19)37-17-30(18-37)14-21(15-30)34-28(38)40-29(2,3)4)33-27-32-16-22(31)26(36-27)35-23-9-7-8-10-25(23)41(5,6)39/h7-13,16,21H,14-15,17-18H2,1-6H3,(H,34,38)(H2,32,33,35,36). The highest BCUT2D eigenvalue weighted by atomic mass is 35.5. The van der Waals surface area contributed by atoms with Crippen molar-refractivity contribution in [2.75, 3.05) is 42.0 Å². The monoisotopic (exact) mass is 596 g/mol. The number of aromatic nitrogens is 2. The number of nitrogens with one attached hydrogen (secondary N) is 3. The molecule has 0 atom stereocenters. The van der Waals surface area contributed by atoms with Gasteiger partial charge in [-0.05, 0) is 89.8 Å². The summed E-state index contributed by atoms with van der Waals surface area (Å²) in [5.74, 6) is 0.836. The van der Waals surface area contributed by atoms with E-state index in [9.17, 15) is 9.36 Å². The van der Waals surface area contributed by atoms with E-state index in [0.29, 0.717) is 22.5 Å². The molecule has 218 valence electrons. The second-order valence-corrected chi connectivity index (χ2v) is 16.2. The highest BCUT2D eigenvalue weighted by Crippen LogP contribution is 2.50. The number of hydrogen-bond donors (Lipinski definition) is 3. The van der Waals surface area contributed by atoms with Crippen LogP contribution in [0.25, 0.3) is 0 Å². The number of halogens is 1. The molecule has 2 fully saturated rings. The van der Waals surface area contributed by atoms with Crippen LogP contribution in [0.15, 0.2) is 48.7 Å². The van der Waals surface area contributed by atoms with Gasteiger partial charge in [0.05, 0.1) is 11.9 Å². The first-order chi connectivity index (χ1) is 19.2. The number of rotatable bonds is 7. The van der Waals surface area contributed by atoms with Crippen molar-refractivity contribution in [1.82, 2.24) is 15.3 Å². The Morgan fingerprint density at radius 1 is 1.12 bits per heavy atom. The molecule has 41 heavy (non-hydrogen) atoms. The van der Waals surface area contributed by atoms with E-state index in [2.05, 4.69) is 49.9 Å². The maximum atomic E-state index is 12.8. The molecule has 1 saturated carbocycles. The second kappa shape index (κ2) is 10.8. The molecule has 5 rings (SSSR count). The van der Waals surface area contributed by atoms with E-state index in [0.717, 1.165) is 42.5 Å². The zero-order chi connectivity index (χ0) is 29.6. The number of hydrogen-bond acceptors (Lipinski definition) is 8. The summed E-state index contributed by atoms with van der Waals surface area (Å²) in [7, 11) is -2.50. The Bertz CT molecular complexity index is 1500. The third-order valence-corrected chi connectivity index (χ3v) is 9.23. The molecule has 0 bridgehead atoms. The number of aryl methyl sites for hydroxylation is 1. The molecule has 1 aliphatic heterocycles. The van der Waals surface area contributed by atoms with Crippen LogP contribution in [-0.2, 0) is 9.30 Å². The van der Waals surface area contributed by atoms with Crippen molar-refractivity contribution in [3.63, 3.8) is 0 Å². The lowest BCUT2D eigenvalue weighted by Crippen LogP contribution is -2.67. The first-order valence-corrected chi connectivity index (χ1v) is 16.7. The van der Waals surface area contributed by atoms with Crippen molar-refractivity contribution in [3.05, 3.63) is 59.2 Å². The van der Waals surface area contributed by atoms with Gasteiger partial charge in [-0.25, -0.2) is 9.78 Å². The summed E-state index contributed by atoms with van der Waals surface area (Å²) in [5.41, 5.74) is 3.70. The first-order valence-electron chi connectivity index (χ1n) is 13.8.